The molecule has 0 aromatic rings. The number of hydrogen-bond donors (Lipinski definition) is 1. The summed E-state index contributed by atoms with van der Waals surface area (Å²) in [6, 6.07) is 0. The first-order valence-corrected chi connectivity index (χ1v) is 4.53. The molecule has 2 atom stereocenters. The van der Waals surface area contributed by atoms with Crippen LogP contribution in [0.2, 0.25) is 0 Å². The Morgan fingerprint density at radius 3 is 2.33 bits per heavy atom. The van der Waals surface area contributed by atoms with Crippen molar-refractivity contribution < 1.29 is 5.06 Å². The molecule has 2 unspecified atom stereocenters. The summed E-state index contributed by atoms with van der Waals surface area (Å²) in [4.78, 5) is 0. The average Bonchev–Trinajstić information content (AvgIpc) is 1.83. The lowest BCUT2D eigenvalue weighted by atomic mass is 9.81. The molecule has 0 aliphatic heterocycles. The summed E-state index contributed by atoms with van der Waals surface area (Å²) < 4.78 is 0. The molecule has 0 amide bonds. The van der Waals surface area contributed by atoms with E-state index in [0.717, 1.165) is 12.8 Å². The van der Waals surface area contributed by atoms with E-state index < -0.39 is 0 Å². The normalized spacial score (nSPS) is 18.4. The van der Waals surface area contributed by atoms with Gasteiger partial charge >= 0.3 is 0 Å². The molecule has 2 heteroatoms. The SMILES string of the molecule is C=C(C)CC(C)(CC)C[NH+](C)[O-]. The van der Waals surface area contributed by atoms with Crippen molar-refractivity contribution in [1.82, 2.24) is 0 Å². The largest absolute Gasteiger partial charge is 0.634 e. The number of allylic oxidation sites excluding steroid dienone is 1. The molecule has 0 spiro atoms. The fourth-order valence-corrected chi connectivity index (χ4v) is 1.64. The van der Waals surface area contributed by atoms with Gasteiger partial charge in [-0.3, -0.25) is 0 Å². The van der Waals surface area contributed by atoms with Crippen LogP contribution in [0.4, 0.5) is 0 Å². The van der Waals surface area contributed by atoms with Crippen molar-refractivity contribution in [2.75, 3.05) is 13.6 Å². The Bertz CT molecular complexity index is 154. The molecule has 0 saturated carbocycles. The van der Waals surface area contributed by atoms with Gasteiger partial charge in [-0.15, -0.1) is 6.58 Å². The van der Waals surface area contributed by atoms with E-state index in [4.69, 9.17) is 0 Å². The molecule has 0 aromatic carbocycles. The highest BCUT2D eigenvalue weighted by molar-refractivity contribution is 4.94. The number of quaternary nitrogens is 1. The zero-order chi connectivity index (χ0) is 9.78. The molecule has 0 radical (unpaired) electrons. The minimum atomic E-state index is 0.137. The van der Waals surface area contributed by atoms with E-state index in [1.807, 2.05) is 6.92 Å². The van der Waals surface area contributed by atoms with Crippen LogP contribution < -0.4 is 5.06 Å². The van der Waals surface area contributed by atoms with Gasteiger partial charge in [-0.05, 0) is 19.8 Å². The van der Waals surface area contributed by atoms with Gasteiger partial charge in [0, 0.05) is 5.41 Å². The molecule has 0 fully saturated rings. The smallest absolute Gasteiger partial charge is 0.0823 e. The molecule has 1 N–H and O–H groups in total. The van der Waals surface area contributed by atoms with Crippen LogP contribution in [0.1, 0.15) is 33.6 Å². The summed E-state index contributed by atoms with van der Waals surface area (Å²) in [6.07, 6.45) is 2.00. The summed E-state index contributed by atoms with van der Waals surface area (Å²) in [5.41, 5.74) is 1.30. The lowest BCUT2D eigenvalue weighted by molar-refractivity contribution is -0.833. The first-order chi connectivity index (χ1) is 5.39. The third-order valence-corrected chi connectivity index (χ3v) is 2.26. The van der Waals surface area contributed by atoms with Crippen LogP contribution >= 0.6 is 0 Å². The van der Waals surface area contributed by atoms with Gasteiger partial charge in [0.05, 0.1) is 13.6 Å². The number of hydrogen-bond acceptors (Lipinski definition) is 1. The van der Waals surface area contributed by atoms with E-state index in [2.05, 4.69) is 20.4 Å². The third kappa shape index (κ3) is 4.52. The fraction of sp³-hybridized carbons (Fsp3) is 0.800. The number of nitrogens with one attached hydrogen (secondary N) is 1. The van der Waals surface area contributed by atoms with Crippen molar-refractivity contribution in [2.24, 2.45) is 5.41 Å². The average molecular weight is 171 g/mol. The Kier molecular flexibility index (Phi) is 4.50. The summed E-state index contributed by atoms with van der Waals surface area (Å²) in [5.74, 6) is 0. The van der Waals surface area contributed by atoms with Gasteiger partial charge in [0.25, 0.3) is 0 Å². The molecule has 0 saturated heterocycles. The van der Waals surface area contributed by atoms with Crippen molar-refractivity contribution >= 4 is 0 Å². The molecule has 0 heterocycles. The van der Waals surface area contributed by atoms with Crippen LogP contribution in [-0.2, 0) is 0 Å². The maximum Gasteiger partial charge on any atom is 0.0823 e. The van der Waals surface area contributed by atoms with Crippen LogP contribution in [0.3, 0.4) is 0 Å². The minimum absolute atomic E-state index is 0.137. The molecule has 12 heavy (non-hydrogen) atoms. The number of rotatable bonds is 5. The first-order valence-electron chi connectivity index (χ1n) is 4.53. The van der Waals surface area contributed by atoms with Gasteiger partial charge in [-0.1, -0.05) is 19.4 Å². The van der Waals surface area contributed by atoms with Gasteiger partial charge in [-0.25, -0.2) is 0 Å². The van der Waals surface area contributed by atoms with E-state index in [0.29, 0.717) is 6.54 Å². The van der Waals surface area contributed by atoms with E-state index in [1.165, 1.54) is 5.57 Å². The van der Waals surface area contributed by atoms with Crippen LogP contribution in [-0.4, -0.2) is 13.6 Å². The first kappa shape index (κ1) is 11.7. The van der Waals surface area contributed by atoms with E-state index in [1.54, 1.807) is 7.05 Å². The van der Waals surface area contributed by atoms with Crippen LogP contribution in [0, 0.1) is 10.6 Å². The quantitative estimate of drug-likeness (QED) is 0.491. The topological polar surface area (TPSA) is 27.5 Å². The maximum absolute atomic E-state index is 11.0. The van der Waals surface area contributed by atoms with Crippen molar-refractivity contribution in [3.63, 3.8) is 0 Å². The summed E-state index contributed by atoms with van der Waals surface area (Å²) >= 11 is 0. The monoisotopic (exact) mass is 171 g/mol. The van der Waals surface area contributed by atoms with Crippen molar-refractivity contribution in [3.8, 4) is 0 Å². The highest BCUT2D eigenvalue weighted by atomic mass is 16.5. The molecule has 0 aliphatic carbocycles. The van der Waals surface area contributed by atoms with Gasteiger partial charge in [0.1, 0.15) is 0 Å². The highest BCUT2D eigenvalue weighted by Crippen LogP contribution is 2.26. The van der Waals surface area contributed by atoms with E-state index >= 15 is 0 Å². The lowest BCUT2D eigenvalue weighted by Gasteiger charge is -2.32. The highest BCUT2D eigenvalue weighted by Gasteiger charge is 2.24. The Labute approximate surface area is 75.8 Å². The van der Waals surface area contributed by atoms with Crippen molar-refractivity contribution in [2.45, 2.75) is 33.6 Å². The Morgan fingerprint density at radius 1 is 1.58 bits per heavy atom. The standard InChI is InChI=1S/C10H21NO/c1-6-10(4,7-9(2)3)8-11(5)12/h11H,2,6-8H2,1,3-5H3. The van der Waals surface area contributed by atoms with Gasteiger partial charge in [0.15, 0.2) is 0 Å². The third-order valence-electron chi connectivity index (χ3n) is 2.26. The fourth-order valence-electron chi connectivity index (χ4n) is 1.64. The second kappa shape index (κ2) is 4.63. The predicted molar refractivity (Wildman–Crippen MR) is 52.9 cm³/mol. The summed E-state index contributed by atoms with van der Waals surface area (Å²) in [5, 5.41) is 11.2. The Balaban J connectivity index is 4.13. The molecule has 72 valence electrons. The van der Waals surface area contributed by atoms with Crippen LogP contribution in [0.15, 0.2) is 12.2 Å². The second-order valence-corrected chi connectivity index (χ2v) is 4.18. The van der Waals surface area contributed by atoms with Gasteiger partial charge < -0.3 is 10.3 Å². The minimum Gasteiger partial charge on any atom is -0.634 e. The zero-order valence-corrected chi connectivity index (χ0v) is 8.74. The van der Waals surface area contributed by atoms with Crippen LogP contribution in [0.5, 0.6) is 0 Å². The molecule has 0 aromatic heterocycles. The molecular weight excluding hydrogens is 150 g/mol. The second-order valence-electron chi connectivity index (χ2n) is 4.18. The lowest BCUT2D eigenvalue weighted by Crippen LogP contribution is -3.05. The molecule has 2 nitrogen and oxygen atoms in total. The maximum atomic E-state index is 11.0. The van der Waals surface area contributed by atoms with Crippen molar-refractivity contribution in [1.29, 1.82) is 0 Å². The molecular formula is C10H21NO. The molecule has 0 aliphatic rings. The zero-order valence-electron chi connectivity index (χ0n) is 8.74. The molecule has 0 bridgehead atoms. The summed E-state index contributed by atoms with van der Waals surface area (Å²) in [7, 11) is 1.66. The number of hydroxylamine groups is 2. The molecule has 0 rings (SSSR count). The van der Waals surface area contributed by atoms with E-state index in [9.17, 15) is 5.21 Å². The predicted octanol–water partition coefficient (Wildman–Crippen LogP) is 1.38. The van der Waals surface area contributed by atoms with E-state index in [-0.39, 0.29) is 10.5 Å². The Hall–Kier alpha value is -0.340. The van der Waals surface area contributed by atoms with Gasteiger partial charge in [0.2, 0.25) is 0 Å². The van der Waals surface area contributed by atoms with Gasteiger partial charge in [-0.2, -0.15) is 0 Å². The van der Waals surface area contributed by atoms with Crippen molar-refractivity contribution in [3.05, 3.63) is 17.4 Å². The Morgan fingerprint density at radius 2 is 2.08 bits per heavy atom. The summed E-state index contributed by atoms with van der Waals surface area (Å²) in [6.45, 7) is 10.9. The van der Waals surface area contributed by atoms with Crippen LogP contribution in [0.25, 0.3) is 0 Å².